The zero-order valence-corrected chi connectivity index (χ0v) is 9.33. The van der Waals surface area contributed by atoms with Gasteiger partial charge in [0, 0.05) is 5.22 Å². The highest BCUT2D eigenvalue weighted by Crippen LogP contribution is 2.40. The molecule has 3 rings (SSSR count). The molecule has 2 N–H and O–H groups in total. The first kappa shape index (κ1) is 10.5. The van der Waals surface area contributed by atoms with Crippen molar-refractivity contribution in [2.75, 3.05) is 0 Å². The lowest BCUT2D eigenvalue weighted by Crippen LogP contribution is -2.23. The standard InChI is InChI=1S/C13H9N3O2/c1-7-10-11(15-16-14-10)9(13(18)12(7)17)8-5-3-2-4-6-8/h2-6,17-18H,1H2. The van der Waals surface area contributed by atoms with Gasteiger partial charge in [-0.1, -0.05) is 36.9 Å². The van der Waals surface area contributed by atoms with Crippen LogP contribution in [-0.2, 0) is 0 Å². The molecule has 5 nitrogen and oxygen atoms in total. The number of nitrogens with zero attached hydrogens (tertiary/aromatic N) is 3. The Morgan fingerprint density at radius 2 is 1.72 bits per heavy atom. The number of phenolic OH excluding ortho intramolecular Hbond substituents is 2. The van der Waals surface area contributed by atoms with Crippen LogP contribution >= 0.6 is 0 Å². The molecule has 5 heteroatoms. The number of phenols is 2. The molecule has 0 radical (unpaired) electrons. The van der Waals surface area contributed by atoms with Gasteiger partial charge in [0.15, 0.2) is 11.5 Å². The lowest BCUT2D eigenvalue weighted by molar-refractivity contribution is 0.402. The third-order valence-electron chi connectivity index (χ3n) is 2.85. The van der Waals surface area contributed by atoms with Crippen LogP contribution < -0.4 is 10.6 Å². The summed E-state index contributed by atoms with van der Waals surface area (Å²) in [5.74, 6) is -0.537. The van der Waals surface area contributed by atoms with Crippen LogP contribution in [0, 0.1) is 0 Å². The van der Waals surface area contributed by atoms with Crippen molar-refractivity contribution in [3.05, 3.63) is 40.9 Å². The van der Waals surface area contributed by atoms with E-state index >= 15 is 0 Å². The van der Waals surface area contributed by atoms with E-state index in [0.29, 0.717) is 16.6 Å². The zero-order chi connectivity index (χ0) is 12.7. The Balaban J connectivity index is 2.46. The molecule has 1 aliphatic rings. The van der Waals surface area contributed by atoms with E-state index in [4.69, 9.17) is 0 Å². The molecular formula is C13H9N3O2. The normalized spacial score (nSPS) is 12.2. The van der Waals surface area contributed by atoms with E-state index in [-0.39, 0.29) is 16.7 Å². The van der Waals surface area contributed by atoms with Gasteiger partial charge >= 0.3 is 0 Å². The maximum absolute atomic E-state index is 10.1. The monoisotopic (exact) mass is 239 g/mol. The highest BCUT2D eigenvalue weighted by Gasteiger charge is 2.20. The Morgan fingerprint density at radius 1 is 1.00 bits per heavy atom. The fourth-order valence-electron chi connectivity index (χ4n) is 1.94. The summed E-state index contributed by atoms with van der Waals surface area (Å²) in [6.07, 6.45) is 0. The van der Waals surface area contributed by atoms with E-state index in [1.807, 2.05) is 30.3 Å². The summed E-state index contributed by atoms with van der Waals surface area (Å²) in [6, 6.07) is 9.15. The summed E-state index contributed by atoms with van der Waals surface area (Å²) in [7, 11) is 0. The molecule has 0 atom stereocenters. The van der Waals surface area contributed by atoms with Gasteiger partial charge in [0.25, 0.3) is 0 Å². The van der Waals surface area contributed by atoms with Crippen LogP contribution in [0.2, 0.25) is 0 Å². The minimum atomic E-state index is -0.288. The molecule has 0 aliphatic carbocycles. The number of aromatic hydroxyl groups is 2. The fraction of sp³-hybridized carbons (Fsp3) is 0. The topological polar surface area (TPSA) is 77.5 Å². The molecule has 0 saturated heterocycles. The number of hydrogen-bond acceptors (Lipinski definition) is 5. The van der Waals surface area contributed by atoms with Gasteiger partial charge < -0.3 is 10.2 Å². The van der Waals surface area contributed by atoms with Crippen molar-refractivity contribution < 1.29 is 10.2 Å². The molecule has 1 aliphatic heterocycles. The largest absolute Gasteiger partial charge is 0.504 e. The first-order valence-corrected chi connectivity index (χ1v) is 5.31. The Hall–Kier alpha value is -2.69. The molecule has 18 heavy (non-hydrogen) atoms. The van der Waals surface area contributed by atoms with E-state index in [0.717, 1.165) is 5.56 Å². The van der Waals surface area contributed by atoms with Crippen LogP contribution in [0.1, 0.15) is 0 Å². The smallest absolute Gasteiger partial charge is 0.168 e. The minimum Gasteiger partial charge on any atom is -0.504 e. The van der Waals surface area contributed by atoms with Crippen LogP contribution in [0.3, 0.4) is 0 Å². The van der Waals surface area contributed by atoms with Crippen molar-refractivity contribution in [3.8, 4) is 22.6 Å². The summed E-state index contributed by atoms with van der Waals surface area (Å²) in [5.41, 5.74) is 1.58. The van der Waals surface area contributed by atoms with Crippen molar-refractivity contribution in [2.45, 2.75) is 0 Å². The summed E-state index contributed by atoms with van der Waals surface area (Å²) in [6.45, 7) is 3.66. The van der Waals surface area contributed by atoms with Gasteiger partial charge in [-0.15, -0.1) is 10.2 Å². The first-order chi connectivity index (χ1) is 8.70. The highest BCUT2D eigenvalue weighted by molar-refractivity contribution is 5.83. The molecule has 0 amide bonds. The van der Waals surface area contributed by atoms with E-state index in [2.05, 4.69) is 22.0 Å². The SMILES string of the molecule is C=c1c(O)c(O)c(-c2ccccc2)c2c1=NN=N2. The third-order valence-corrected chi connectivity index (χ3v) is 2.85. The van der Waals surface area contributed by atoms with Crippen LogP contribution in [0.15, 0.2) is 45.8 Å². The average Bonchev–Trinajstić information content (AvgIpc) is 2.87. The molecule has 0 bridgehead atoms. The molecule has 88 valence electrons. The number of benzene rings is 2. The van der Waals surface area contributed by atoms with Crippen molar-refractivity contribution in [3.63, 3.8) is 0 Å². The first-order valence-electron chi connectivity index (χ1n) is 5.31. The van der Waals surface area contributed by atoms with E-state index in [9.17, 15) is 10.2 Å². The minimum absolute atomic E-state index is 0.229. The zero-order valence-electron chi connectivity index (χ0n) is 9.33. The third kappa shape index (κ3) is 1.31. The predicted octanol–water partition coefficient (Wildman–Crippen LogP) is 1.81. The van der Waals surface area contributed by atoms with Crippen molar-refractivity contribution in [1.29, 1.82) is 0 Å². The highest BCUT2D eigenvalue weighted by atomic mass is 16.3. The molecule has 0 aromatic heterocycles. The lowest BCUT2D eigenvalue weighted by atomic mass is 10.0. The fourth-order valence-corrected chi connectivity index (χ4v) is 1.94. The predicted molar refractivity (Wildman–Crippen MR) is 66.0 cm³/mol. The second-order valence-electron chi connectivity index (χ2n) is 3.90. The van der Waals surface area contributed by atoms with Crippen LogP contribution in [0.25, 0.3) is 17.7 Å². The molecular weight excluding hydrogens is 230 g/mol. The second-order valence-corrected chi connectivity index (χ2v) is 3.90. The Kier molecular flexibility index (Phi) is 2.13. The Bertz CT molecular complexity index is 767. The molecule has 0 saturated carbocycles. The van der Waals surface area contributed by atoms with Crippen LogP contribution in [0.5, 0.6) is 11.5 Å². The molecule has 0 spiro atoms. The van der Waals surface area contributed by atoms with Gasteiger partial charge in [0.2, 0.25) is 0 Å². The second kappa shape index (κ2) is 3.66. The van der Waals surface area contributed by atoms with Crippen molar-refractivity contribution in [2.24, 2.45) is 15.4 Å². The maximum Gasteiger partial charge on any atom is 0.168 e. The van der Waals surface area contributed by atoms with Crippen molar-refractivity contribution in [1.82, 2.24) is 0 Å². The molecule has 0 fully saturated rings. The van der Waals surface area contributed by atoms with Crippen molar-refractivity contribution >= 4 is 12.3 Å². The van der Waals surface area contributed by atoms with Crippen LogP contribution in [0.4, 0.5) is 5.69 Å². The van der Waals surface area contributed by atoms with E-state index < -0.39 is 0 Å². The van der Waals surface area contributed by atoms with Gasteiger partial charge in [0.05, 0.1) is 5.56 Å². The number of rotatable bonds is 1. The van der Waals surface area contributed by atoms with Gasteiger partial charge in [-0.25, -0.2) is 0 Å². The maximum atomic E-state index is 10.1. The van der Waals surface area contributed by atoms with E-state index in [1.165, 1.54) is 0 Å². The summed E-state index contributed by atoms with van der Waals surface area (Å²) in [5, 5.41) is 31.8. The molecule has 2 aromatic carbocycles. The number of fused-ring (bicyclic) bond motifs is 1. The van der Waals surface area contributed by atoms with Gasteiger partial charge in [-0.05, 0) is 10.8 Å². The van der Waals surface area contributed by atoms with Gasteiger partial charge in [-0.3, -0.25) is 0 Å². The summed E-state index contributed by atoms with van der Waals surface area (Å²) >= 11 is 0. The molecule has 0 unspecified atom stereocenters. The lowest BCUT2D eigenvalue weighted by Gasteiger charge is -2.08. The average molecular weight is 239 g/mol. The Morgan fingerprint density at radius 3 is 2.44 bits per heavy atom. The van der Waals surface area contributed by atoms with Gasteiger partial charge in [0.1, 0.15) is 11.0 Å². The summed E-state index contributed by atoms with van der Waals surface area (Å²) < 4.78 is 0. The quantitative estimate of drug-likeness (QED) is 0.744. The molecule has 2 aromatic rings. The molecule has 1 heterocycles. The van der Waals surface area contributed by atoms with E-state index in [1.54, 1.807) is 0 Å². The number of hydrogen-bond donors (Lipinski definition) is 2. The van der Waals surface area contributed by atoms with Crippen LogP contribution in [-0.4, -0.2) is 10.2 Å². The Labute approximate surface area is 102 Å². The summed E-state index contributed by atoms with van der Waals surface area (Å²) in [4.78, 5) is 0. The van der Waals surface area contributed by atoms with Gasteiger partial charge in [-0.2, -0.15) is 0 Å².